The molecule has 58 valence electrons. The predicted molar refractivity (Wildman–Crippen MR) is 43.6 cm³/mol. The first kappa shape index (κ1) is 7.68. The van der Waals surface area contributed by atoms with Gasteiger partial charge in [0.1, 0.15) is 11.0 Å². The van der Waals surface area contributed by atoms with Crippen LogP contribution in [-0.2, 0) is 0 Å². The van der Waals surface area contributed by atoms with E-state index in [2.05, 4.69) is 15.4 Å². The lowest BCUT2D eigenvalue weighted by atomic mass is 10.2. The lowest BCUT2D eigenvalue weighted by molar-refractivity contribution is 0.958. The molecule has 1 aromatic carbocycles. The van der Waals surface area contributed by atoms with Crippen LogP contribution in [0.2, 0.25) is 0 Å². The third kappa shape index (κ3) is 1.08. The standard InChI is InChI=1S/C7H7N3.H3N/c1-5-3-2-4-6-7(5)9-10-8-6;/h2-4H,1H3,(H,8,9,10);1H3. The molecule has 0 aliphatic rings. The molecule has 4 nitrogen and oxygen atoms in total. The van der Waals surface area contributed by atoms with Gasteiger partial charge in [0.25, 0.3) is 0 Å². The summed E-state index contributed by atoms with van der Waals surface area (Å²) in [7, 11) is 0. The largest absolute Gasteiger partial charge is 0.344 e. The maximum atomic E-state index is 3.98. The molecule has 0 saturated carbocycles. The zero-order chi connectivity index (χ0) is 6.97. The lowest BCUT2D eigenvalue weighted by Crippen LogP contribution is -1.73. The smallest absolute Gasteiger partial charge is 0.115 e. The van der Waals surface area contributed by atoms with E-state index in [1.165, 1.54) is 0 Å². The number of aromatic amines is 1. The molecule has 0 spiro atoms. The summed E-state index contributed by atoms with van der Waals surface area (Å²) in [6, 6.07) is 5.93. The zero-order valence-electron chi connectivity index (χ0n) is 6.33. The molecule has 1 heterocycles. The second-order valence-electron chi connectivity index (χ2n) is 2.27. The van der Waals surface area contributed by atoms with Crippen LogP contribution in [0, 0.1) is 6.92 Å². The molecule has 4 heteroatoms. The maximum absolute atomic E-state index is 3.98. The normalized spacial score (nSPS) is 9.55. The molecular weight excluding hydrogens is 140 g/mol. The molecule has 0 radical (unpaired) electrons. The van der Waals surface area contributed by atoms with Crippen LogP contribution in [0.4, 0.5) is 0 Å². The van der Waals surface area contributed by atoms with Crippen molar-refractivity contribution in [3.63, 3.8) is 0 Å². The van der Waals surface area contributed by atoms with Crippen molar-refractivity contribution in [2.75, 3.05) is 0 Å². The fraction of sp³-hybridized carbons (Fsp3) is 0.143. The van der Waals surface area contributed by atoms with E-state index >= 15 is 0 Å². The molecule has 11 heavy (non-hydrogen) atoms. The number of fused-ring (bicyclic) bond motifs is 1. The second kappa shape index (κ2) is 2.67. The quantitative estimate of drug-likeness (QED) is 0.596. The van der Waals surface area contributed by atoms with Gasteiger partial charge in [-0.05, 0) is 18.6 Å². The molecule has 0 unspecified atom stereocenters. The average Bonchev–Trinajstić information content (AvgIpc) is 2.36. The summed E-state index contributed by atoms with van der Waals surface area (Å²) in [5.41, 5.74) is 3.05. The van der Waals surface area contributed by atoms with Gasteiger partial charge in [-0.25, -0.2) is 0 Å². The van der Waals surface area contributed by atoms with Gasteiger partial charge in [0.05, 0.1) is 0 Å². The van der Waals surface area contributed by atoms with Gasteiger partial charge in [-0.3, -0.25) is 0 Å². The Morgan fingerprint density at radius 2 is 2.09 bits per heavy atom. The Kier molecular flexibility index (Phi) is 1.87. The Morgan fingerprint density at radius 3 is 2.82 bits per heavy atom. The SMILES string of the molecule is Cc1cccc2n[nH]nc12.N. The van der Waals surface area contributed by atoms with Crippen molar-refractivity contribution < 1.29 is 0 Å². The number of benzene rings is 1. The molecule has 0 aliphatic heterocycles. The van der Waals surface area contributed by atoms with Crippen molar-refractivity contribution in [2.45, 2.75) is 6.92 Å². The van der Waals surface area contributed by atoms with Crippen LogP contribution < -0.4 is 6.15 Å². The van der Waals surface area contributed by atoms with E-state index in [0.717, 1.165) is 16.6 Å². The van der Waals surface area contributed by atoms with E-state index in [4.69, 9.17) is 0 Å². The first-order valence-electron chi connectivity index (χ1n) is 3.14. The molecule has 2 rings (SSSR count). The summed E-state index contributed by atoms with van der Waals surface area (Å²) >= 11 is 0. The van der Waals surface area contributed by atoms with E-state index in [0.29, 0.717) is 0 Å². The predicted octanol–water partition coefficient (Wildman–Crippen LogP) is 1.43. The summed E-state index contributed by atoms with van der Waals surface area (Å²) in [5, 5.41) is 10.5. The Hall–Kier alpha value is -1.42. The second-order valence-corrected chi connectivity index (χ2v) is 2.27. The first-order valence-corrected chi connectivity index (χ1v) is 3.14. The van der Waals surface area contributed by atoms with Crippen molar-refractivity contribution >= 4 is 11.0 Å². The van der Waals surface area contributed by atoms with E-state index < -0.39 is 0 Å². The maximum Gasteiger partial charge on any atom is 0.115 e. The molecule has 0 aliphatic carbocycles. The van der Waals surface area contributed by atoms with Crippen LogP contribution in [0.5, 0.6) is 0 Å². The van der Waals surface area contributed by atoms with Gasteiger partial charge in [0.15, 0.2) is 0 Å². The number of nitrogens with zero attached hydrogens (tertiary/aromatic N) is 2. The molecule has 0 fully saturated rings. The number of nitrogens with one attached hydrogen (secondary N) is 1. The van der Waals surface area contributed by atoms with Crippen LogP contribution in [0.15, 0.2) is 18.2 Å². The number of hydrogen-bond acceptors (Lipinski definition) is 3. The number of rotatable bonds is 0. The average molecular weight is 150 g/mol. The van der Waals surface area contributed by atoms with Crippen LogP contribution in [0.3, 0.4) is 0 Å². The van der Waals surface area contributed by atoms with Crippen LogP contribution in [-0.4, -0.2) is 15.4 Å². The van der Waals surface area contributed by atoms with E-state index in [-0.39, 0.29) is 6.15 Å². The van der Waals surface area contributed by atoms with Crippen molar-refractivity contribution in [3.05, 3.63) is 23.8 Å². The molecule has 0 amide bonds. The minimum Gasteiger partial charge on any atom is -0.344 e. The summed E-state index contributed by atoms with van der Waals surface area (Å²) in [4.78, 5) is 0. The summed E-state index contributed by atoms with van der Waals surface area (Å²) in [5.74, 6) is 0. The van der Waals surface area contributed by atoms with Crippen molar-refractivity contribution in [2.24, 2.45) is 0 Å². The Balaban J connectivity index is 0.000000605. The highest BCUT2D eigenvalue weighted by molar-refractivity contribution is 5.76. The minimum atomic E-state index is 0. The van der Waals surface area contributed by atoms with Crippen molar-refractivity contribution in [1.82, 2.24) is 21.6 Å². The molecule has 1 aromatic heterocycles. The van der Waals surface area contributed by atoms with Gasteiger partial charge in [-0.2, -0.15) is 15.4 Å². The third-order valence-electron chi connectivity index (χ3n) is 1.55. The van der Waals surface area contributed by atoms with Gasteiger partial charge < -0.3 is 6.15 Å². The Morgan fingerprint density at radius 1 is 1.27 bits per heavy atom. The highest BCUT2D eigenvalue weighted by atomic mass is 15.3. The van der Waals surface area contributed by atoms with Crippen molar-refractivity contribution in [1.29, 1.82) is 0 Å². The van der Waals surface area contributed by atoms with Gasteiger partial charge in [-0.15, -0.1) is 0 Å². The van der Waals surface area contributed by atoms with Crippen LogP contribution >= 0.6 is 0 Å². The minimum absolute atomic E-state index is 0. The molecule has 4 N–H and O–H groups in total. The molecule has 0 saturated heterocycles. The number of H-pyrrole nitrogens is 1. The molecule has 0 atom stereocenters. The highest BCUT2D eigenvalue weighted by Crippen LogP contribution is 2.10. The topological polar surface area (TPSA) is 76.6 Å². The van der Waals surface area contributed by atoms with Gasteiger partial charge in [0.2, 0.25) is 0 Å². The zero-order valence-corrected chi connectivity index (χ0v) is 6.33. The van der Waals surface area contributed by atoms with Crippen LogP contribution in [0.25, 0.3) is 11.0 Å². The summed E-state index contributed by atoms with van der Waals surface area (Å²) < 4.78 is 0. The van der Waals surface area contributed by atoms with E-state index in [1.54, 1.807) is 0 Å². The van der Waals surface area contributed by atoms with E-state index in [1.807, 2.05) is 25.1 Å². The highest BCUT2D eigenvalue weighted by Gasteiger charge is 1.97. The fourth-order valence-corrected chi connectivity index (χ4v) is 1.01. The summed E-state index contributed by atoms with van der Waals surface area (Å²) in [6.07, 6.45) is 0. The number of hydrogen-bond donors (Lipinski definition) is 2. The Labute approximate surface area is 64.2 Å². The first-order chi connectivity index (χ1) is 4.88. The van der Waals surface area contributed by atoms with Gasteiger partial charge >= 0.3 is 0 Å². The lowest BCUT2D eigenvalue weighted by Gasteiger charge is -1.88. The monoisotopic (exact) mass is 150 g/mol. The van der Waals surface area contributed by atoms with Crippen molar-refractivity contribution in [3.8, 4) is 0 Å². The molecular formula is C7H10N4. The van der Waals surface area contributed by atoms with Crippen LogP contribution in [0.1, 0.15) is 5.56 Å². The van der Waals surface area contributed by atoms with E-state index in [9.17, 15) is 0 Å². The van der Waals surface area contributed by atoms with Gasteiger partial charge in [-0.1, -0.05) is 12.1 Å². The van der Waals surface area contributed by atoms with Gasteiger partial charge in [0, 0.05) is 0 Å². The number of aryl methyl sites for hydroxylation is 1. The molecule has 0 bridgehead atoms. The fourth-order valence-electron chi connectivity index (χ4n) is 1.01. The molecule has 2 aromatic rings. The number of aromatic nitrogens is 3. The Bertz CT molecular complexity index is 352. The summed E-state index contributed by atoms with van der Waals surface area (Å²) in [6.45, 7) is 2.02. The third-order valence-corrected chi connectivity index (χ3v) is 1.55. The number of para-hydroxylation sites is 1.